The standard InChI is InChI=1S/C6H10O4/c1-4-5(6(7)8-2)10-3-9-4/h4-5H,3H2,1-2H3. The molecule has 0 aliphatic carbocycles. The molecule has 1 aliphatic rings. The lowest BCUT2D eigenvalue weighted by Gasteiger charge is -2.08. The van der Waals surface area contributed by atoms with Crippen LogP contribution in [0, 0.1) is 0 Å². The number of carbonyl (C=O) groups excluding carboxylic acids is 1. The fraction of sp³-hybridized carbons (Fsp3) is 0.833. The largest absolute Gasteiger partial charge is 0.467 e. The van der Waals surface area contributed by atoms with E-state index in [1.54, 1.807) is 6.92 Å². The van der Waals surface area contributed by atoms with Crippen molar-refractivity contribution in [3.8, 4) is 0 Å². The number of esters is 1. The Bertz CT molecular complexity index is 134. The summed E-state index contributed by atoms with van der Waals surface area (Å²) >= 11 is 0. The quantitative estimate of drug-likeness (QED) is 0.485. The van der Waals surface area contributed by atoms with Crippen LogP contribution < -0.4 is 0 Å². The van der Waals surface area contributed by atoms with Gasteiger partial charge in [0.05, 0.1) is 13.2 Å². The van der Waals surface area contributed by atoms with E-state index < -0.39 is 6.10 Å². The van der Waals surface area contributed by atoms with Crippen LogP contribution in [0.25, 0.3) is 0 Å². The van der Waals surface area contributed by atoms with Crippen LogP contribution in [0.4, 0.5) is 0 Å². The van der Waals surface area contributed by atoms with Gasteiger partial charge in [0.25, 0.3) is 0 Å². The summed E-state index contributed by atoms with van der Waals surface area (Å²) < 4.78 is 14.3. The van der Waals surface area contributed by atoms with E-state index in [9.17, 15) is 4.79 Å². The van der Waals surface area contributed by atoms with Gasteiger partial charge < -0.3 is 14.2 Å². The summed E-state index contributed by atoms with van der Waals surface area (Å²) in [6.07, 6.45) is -0.725. The molecule has 4 heteroatoms. The molecular formula is C6H10O4. The second-order valence-electron chi connectivity index (χ2n) is 2.10. The van der Waals surface area contributed by atoms with Gasteiger partial charge in [-0.1, -0.05) is 0 Å². The van der Waals surface area contributed by atoms with Crippen molar-refractivity contribution in [3.05, 3.63) is 0 Å². The first-order valence-corrected chi connectivity index (χ1v) is 3.06. The zero-order valence-corrected chi connectivity index (χ0v) is 5.99. The fourth-order valence-electron chi connectivity index (χ4n) is 0.819. The Morgan fingerprint density at radius 1 is 1.60 bits per heavy atom. The summed E-state index contributed by atoms with van der Waals surface area (Å²) in [7, 11) is 1.33. The molecule has 0 aromatic heterocycles. The average molecular weight is 146 g/mol. The van der Waals surface area contributed by atoms with Crippen LogP contribution in [0.5, 0.6) is 0 Å². The maximum atomic E-state index is 10.8. The summed E-state index contributed by atoms with van der Waals surface area (Å²) in [5.74, 6) is -0.370. The predicted molar refractivity (Wildman–Crippen MR) is 32.3 cm³/mol. The number of methoxy groups -OCH3 is 1. The van der Waals surface area contributed by atoms with Crippen molar-refractivity contribution in [1.29, 1.82) is 0 Å². The minimum atomic E-state index is -0.537. The highest BCUT2D eigenvalue weighted by molar-refractivity contribution is 5.75. The van der Waals surface area contributed by atoms with Crippen LogP contribution in [-0.4, -0.2) is 32.1 Å². The summed E-state index contributed by atoms with van der Waals surface area (Å²) in [6.45, 7) is 1.95. The third-order valence-corrected chi connectivity index (χ3v) is 1.44. The highest BCUT2D eigenvalue weighted by Gasteiger charge is 2.32. The molecule has 1 heterocycles. The summed E-state index contributed by atoms with van der Waals surface area (Å²) in [4.78, 5) is 10.8. The first-order valence-electron chi connectivity index (χ1n) is 3.06. The SMILES string of the molecule is COC(=O)C1OCOC1C. The second kappa shape index (κ2) is 2.98. The molecule has 1 fully saturated rings. The van der Waals surface area contributed by atoms with Crippen molar-refractivity contribution in [2.24, 2.45) is 0 Å². The van der Waals surface area contributed by atoms with Gasteiger partial charge in [0.15, 0.2) is 6.10 Å². The van der Waals surface area contributed by atoms with Gasteiger partial charge in [-0.15, -0.1) is 0 Å². The number of rotatable bonds is 1. The van der Waals surface area contributed by atoms with Gasteiger partial charge in [0, 0.05) is 0 Å². The third kappa shape index (κ3) is 1.27. The lowest BCUT2D eigenvalue weighted by Crippen LogP contribution is -2.30. The van der Waals surface area contributed by atoms with E-state index in [1.807, 2.05) is 0 Å². The maximum absolute atomic E-state index is 10.8. The zero-order chi connectivity index (χ0) is 7.56. The van der Waals surface area contributed by atoms with Gasteiger partial charge in [-0.2, -0.15) is 0 Å². The van der Waals surface area contributed by atoms with E-state index >= 15 is 0 Å². The molecule has 0 aromatic rings. The Morgan fingerprint density at radius 3 is 2.70 bits per heavy atom. The van der Waals surface area contributed by atoms with E-state index in [4.69, 9.17) is 9.47 Å². The average Bonchev–Trinajstić information content (AvgIpc) is 2.34. The smallest absolute Gasteiger partial charge is 0.337 e. The van der Waals surface area contributed by atoms with Crippen molar-refractivity contribution in [1.82, 2.24) is 0 Å². The lowest BCUT2D eigenvalue weighted by molar-refractivity contribution is -0.151. The normalized spacial score (nSPS) is 32.2. The maximum Gasteiger partial charge on any atom is 0.337 e. The van der Waals surface area contributed by atoms with E-state index in [0.29, 0.717) is 0 Å². The number of hydrogen-bond acceptors (Lipinski definition) is 4. The summed E-state index contributed by atoms with van der Waals surface area (Å²) in [5.41, 5.74) is 0. The molecule has 0 spiro atoms. The van der Waals surface area contributed by atoms with Gasteiger partial charge in [-0.05, 0) is 6.92 Å². The van der Waals surface area contributed by atoms with Gasteiger partial charge in [-0.25, -0.2) is 4.79 Å². The molecule has 0 aromatic carbocycles. The lowest BCUT2D eigenvalue weighted by atomic mass is 10.2. The second-order valence-corrected chi connectivity index (χ2v) is 2.10. The minimum absolute atomic E-state index is 0.181. The van der Waals surface area contributed by atoms with Gasteiger partial charge >= 0.3 is 5.97 Å². The molecule has 0 amide bonds. The highest BCUT2D eigenvalue weighted by atomic mass is 16.7. The molecule has 58 valence electrons. The van der Waals surface area contributed by atoms with Crippen LogP contribution in [0.1, 0.15) is 6.92 Å². The molecule has 1 rings (SSSR count). The van der Waals surface area contributed by atoms with Crippen LogP contribution in [0.2, 0.25) is 0 Å². The molecular weight excluding hydrogens is 136 g/mol. The Morgan fingerprint density at radius 2 is 2.30 bits per heavy atom. The molecule has 0 bridgehead atoms. The minimum Gasteiger partial charge on any atom is -0.467 e. The van der Waals surface area contributed by atoms with E-state index in [-0.39, 0.29) is 18.9 Å². The Hall–Kier alpha value is -0.610. The first kappa shape index (κ1) is 7.50. The Labute approximate surface area is 59.1 Å². The van der Waals surface area contributed by atoms with Crippen molar-refractivity contribution in [2.75, 3.05) is 13.9 Å². The van der Waals surface area contributed by atoms with Crippen LogP contribution >= 0.6 is 0 Å². The topological polar surface area (TPSA) is 44.8 Å². The van der Waals surface area contributed by atoms with Crippen molar-refractivity contribution in [3.63, 3.8) is 0 Å². The molecule has 2 atom stereocenters. The van der Waals surface area contributed by atoms with Crippen molar-refractivity contribution < 1.29 is 19.0 Å². The number of hydrogen-bond donors (Lipinski definition) is 0. The van der Waals surface area contributed by atoms with Gasteiger partial charge in [-0.3, -0.25) is 0 Å². The van der Waals surface area contributed by atoms with Crippen LogP contribution in [-0.2, 0) is 19.0 Å². The molecule has 0 radical (unpaired) electrons. The summed E-state index contributed by atoms with van der Waals surface area (Å²) in [6, 6.07) is 0. The van der Waals surface area contributed by atoms with Gasteiger partial charge in [0.2, 0.25) is 0 Å². The molecule has 1 aliphatic heterocycles. The number of ether oxygens (including phenoxy) is 3. The third-order valence-electron chi connectivity index (χ3n) is 1.44. The Kier molecular flexibility index (Phi) is 2.24. The number of carbonyl (C=O) groups is 1. The van der Waals surface area contributed by atoms with Crippen LogP contribution in [0.15, 0.2) is 0 Å². The molecule has 0 N–H and O–H groups in total. The first-order chi connectivity index (χ1) is 4.75. The Balaban J connectivity index is 2.46. The predicted octanol–water partition coefficient (Wildman–Crippen LogP) is -0.0792. The van der Waals surface area contributed by atoms with Gasteiger partial charge in [0.1, 0.15) is 6.79 Å². The van der Waals surface area contributed by atoms with Crippen molar-refractivity contribution >= 4 is 5.97 Å². The fourth-order valence-corrected chi connectivity index (χ4v) is 0.819. The van der Waals surface area contributed by atoms with E-state index in [1.165, 1.54) is 7.11 Å². The van der Waals surface area contributed by atoms with Crippen molar-refractivity contribution in [2.45, 2.75) is 19.1 Å². The highest BCUT2D eigenvalue weighted by Crippen LogP contribution is 2.12. The van der Waals surface area contributed by atoms with E-state index in [0.717, 1.165) is 0 Å². The molecule has 10 heavy (non-hydrogen) atoms. The molecule has 2 unspecified atom stereocenters. The van der Waals surface area contributed by atoms with E-state index in [2.05, 4.69) is 4.74 Å². The summed E-state index contributed by atoms with van der Waals surface area (Å²) in [5, 5.41) is 0. The molecule has 0 saturated carbocycles. The monoisotopic (exact) mass is 146 g/mol. The molecule has 4 nitrogen and oxygen atoms in total. The van der Waals surface area contributed by atoms with Crippen LogP contribution in [0.3, 0.4) is 0 Å². The molecule has 1 saturated heterocycles. The zero-order valence-electron chi connectivity index (χ0n) is 5.99.